The largest absolute Gasteiger partial charge is 0.417 e. The van der Waals surface area contributed by atoms with Crippen LogP contribution < -0.4 is 0 Å². The highest BCUT2D eigenvalue weighted by Gasteiger charge is 2.39. The third kappa shape index (κ3) is 2.89. The van der Waals surface area contributed by atoms with Gasteiger partial charge in [-0.2, -0.15) is 13.2 Å². The molecule has 144 valence electrons. The molecule has 0 bridgehead atoms. The number of benzene rings is 1. The molecule has 0 fully saturated rings. The van der Waals surface area contributed by atoms with Crippen molar-refractivity contribution in [1.82, 2.24) is 35.0 Å². The molecule has 0 aliphatic carbocycles. The number of alkyl halides is 3. The van der Waals surface area contributed by atoms with Crippen LogP contribution in [0.25, 0.3) is 28.4 Å². The molecule has 1 aromatic carbocycles. The molecule has 0 aliphatic heterocycles. The van der Waals surface area contributed by atoms with Gasteiger partial charge in [0.2, 0.25) is 5.78 Å². The maximum absolute atomic E-state index is 13.6. The van der Waals surface area contributed by atoms with Crippen molar-refractivity contribution in [2.45, 2.75) is 11.1 Å². The van der Waals surface area contributed by atoms with Crippen LogP contribution in [0.2, 0.25) is 0 Å². The normalized spacial score (nSPS) is 12.6. The summed E-state index contributed by atoms with van der Waals surface area (Å²) in [5.41, 5.74) is -1.13. The average molecular weight is 409 g/mol. The van der Waals surface area contributed by atoms with Crippen molar-refractivity contribution in [3.63, 3.8) is 0 Å². The van der Waals surface area contributed by atoms with Gasteiger partial charge in [-0.25, -0.2) is 23.5 Å². The molecule has 0 atom stereocenters. The molecule has 0 spiro atoms. The number of halogens is 3. The zero-order chi connectivity index (χ0) is 20.1. The molecular weight excluding hydrogens is 399 g/mol. The lowest BCUT2D eigenvalue weighted by atomic mass is 10.0. The minimum absolute atomic E-state index is 0.146. The summed E-state index contributed by atoms with van der Waals surface area (Å²) < 4.78 is 67.0. The maximum atomic E-state index is 13.6. The SMILES string of the molecule is CS(=O)(=O)c1c(C(F)(F)F)ccc(-c2cnc3ncccn23)c1-c1nnn[nH]1. The number of fused-ring (bicyclic) bond motifs is 1. The van der Waals surface area contributed by atoms with Crippen LogP contribution in [0.4, 0.5) is 13.2 Å². The first-order valence-corrected chi connectivity index (χ1v) is 9.54. The highest BCUT2D eigenvalue weighted by Crippen LogP contribution is 2.43. The molecule has 0 saturated carbocycles. The predicted molar refractivity (Wildman–Crippen MR) is 89.7 cm³/mol. The smallest absolute Gasteiger partial charge is 0.284 e. The molecule has 9 nitrogen and oxygen atoms in total. The molecule has 0 amide bonds. The number of H-pyrrole nitrogens is 1. The molecule has 0 saturated heterocycles. The number of aromatic nitrogens is 7. The first kappa shape index (κ1) is 18.0. The quantitative estimate of drug-likeness (QED) is 0.550. The van der Waals surface area contributed by atoms with Gasteiger partial charge in [0.05, 0.1) is 22.3 Å². The fourth-order valence-corrected chi connectivity index (χ4v) is 4.09. The second-order valence-corrected chi connectivity index (χ2v) is 7.77. The zero-order valence-electron chi connectivity index (χ0n) is 14.0. The molecule has 4 rings (SSSR count). The lowest BCUT2D eigenvalue weighted by molar-refractivity contribution is -0.139. The molecule has 13 heteroatoms. The van der Waals surface area contributed by atoms with Gasteiger partial charge < -0.3 is 0 Å². The summed E-state index contributed by atoms with van der Waals surface area (Å²) in [4.78, 5) is 7.23. The van der Waals surface area contributed by atoms with Crippen LogP contribution in [0.1, 0.15) is 5.56 Å². The molecule has 0 radical (unpaired) electrons. The highest BCUT2D eigenvalue weighted by molar-refractivity contribution is 7.91. The number of hydrogen-bond donors (Lipinski definition) is 1. The van der Waals surface area contributed by atoms with Crippen molar-refractivity contribution in [1.29, 1.82) is 0 Å². The number of aromatic amines is 1. The van der Waals surface area contributed by atoms with Crippen molar-refractivity contribution in [3.05, 3.63) is 42.4 Å². The number of tetrazole rings is 1. The Hall–Kier alpha value is -3.35. The van der Waals surface area contributed by atoms with E-state index in [1.54, 1.807) is 12.3 Å². The first-order valence-electron chi connectivity index (χ1n) is 7.64. The summed E-state index contributed by atoms with van der Waals surface area (Å²) in [7, 11) is -4.32. The van der Waals surface area contributed by atoms with E-state index >= 15 is 0 Å². The van der Waals surface area contributed by atoms with Gasteiger partial charge in [0.25, 0.3) is 0 Å². The van der Waals surface area contributed by atoms with E-state index in [9.17, 15) is 21.6 Å². The first-order chi connectivity index (χ1) is 13.2. The molecule has 28 heavy (non-hydrogen) atoms. The molecular formula is C15H10F3N7O2S. The molecule has 3 heterocycles. The van der Waals surface area contributed by atoms with Crippen molar-refractivity contribution in [3.8, 4) is 22.6 Å². The van der Waals surface area contributed by atoms with Gasteiger partial charge in [0.15, 0.2) is 15.7 Å². The second kappa shape index (κ2) is 6.09. The maximum Gasteiger partial charge on any atom is 0.417 e. The van der Waals surface area contributed by atoms with E-state index < -0.39 is 26.5 Å². The Kier molecular flexibility index (Phi) is 3.92. The average Bonchev–Trinajstić information content (AvgIpc) is 3.28. The van der Waals surface area contributed by atoms with Gasteiger partial charge in [-0.1, -0.05) is 6.07 Å². The van der Waals surface area contributed by atoms with Gasteiger partial charge in [-0.15, -0.1) is 5.10 Å². The van der Waals surface area contributed by atoms with E-state index in [0.29, 0.717) is 17.7 Å². The summed E-state index contributed by atoms with van der Waals surface area (Å²) >= 11 is 0. The number of nitrogens with zero attached hydrogens (tertiary/aromatic N) is 6. The number of sulfone groups is 1. The van der Waals surface area contributed by atoms with E-state index in [4.69, 9.17) is 0 Å². The van der Waals surface area contributed by atoms with Crippen LogP contribution in [0, 0.1) is 0 Å². The Labute approximate surface area is 155 Å². The van der Waals surface area contributed by atoms with Gasteiger partial charge in [0, 0.05) is 29.8 Å². The van der Waals surface area contributed by atoms with Crippen molar-refractivity contribution in [2.24, 2.45) is 0 Å². The standard InChI is InChI=1S/C15H10F3N7O2S/c1-28(26,27)12-9(15(16,17)18)4-3-8(11(12)13-21-23-24-22-13)10-7-20-14-19-5-2-6-25(10)14/h2-7H,1H3,(H,21,22,23,24). The van der Waals surface area contributed by atoms with Crippen molar-refractivity contribution < 1.29 is 21.6 Å². The van der Waals surface area contributed by atoms with E-state index in [1.165, 1.54) is 16.8 Å². The Bertz CT molecular complexity index is 1280. The monoisotopic (exact) mass is 409 g/mol. The molecule has 4 aromatic rings. The predicted octanol–water partition coefficient (Wildman–Crippen LogP) is 2.00. The Morgan fingerprint density at radius 1 is 1.18 bits per heavy atom. The minimum Gasteiger partial charge on any atom is -0.284 e. The highest BCUT2D eigenvalue weighted by atomic mass is 32.2. The van der Waals surface area contributed by atoms with Crippen LogP contribution in [0.5, 0.6) is 0 Å². The fourth-order valence-electron chi connectivity index (χ4n) is 2.93. The van der Waals surface area contributed by atoms with Gasteiger partial charge in [0.1, 0.15) is 0 Å². The van der Waals surface area contributed by atoms with Crippen LogP contribution in [-0.4, -0.2) is 49.7 Å². The summed E-state index contributed by atoms with van der Waals surface area (Å²) in [6.07, 6.45) is 0.280. The van der Waals surface area contributed by atoms with E-state index in [2.05, 4.69) is 30.6 Å². The minimum atomic E-state index is -4.90. The molecule has 0 aliphatic rings. The summed E-state index contributed by atoms with van der Waals surface area (Å²) in [5, 5.41) is 12.7. The number of hydrogen-bond acceptors (Lipinski definition) is 7. The van der Waals surface area contributed by atoms with Gasteiger partial charge >= 0.3 is 6.18 Å². The van der Waals surface area contributed by atoms with Crippen LogP contribution >= 0.6 is 0 Å². The molecule has 0 unspecified atom stereocenters. The fraction of sp³-hybridized carbons (Fsp3) is 0.133. The molecule has 1 N–H and O–H groups in total. The Morgan fingerprint density at radius 2 is 1.96 bits per heavy atom. The molecule has 3 aromatic heterocycles. The number of rotatable bonds is 3. The summed E-state index contributed by atoms with van der Waals surface area (Å²) in [5.74, 6) is 0.0697. The van der Waals surface area contributed by atoms with Gasteiger partial charge in [-0.3, -0.25) is 4.40 Å². The second-order valence-electron chi connectivity index (χ2n) is 5.82. The lowest BCUT2D eigenvalue weighted by Gasteiger charge is -2.17. The van der Waals surface area contributed by atoms with Crippen molar-refractivity contribution in [2.75, 3.05) is 6.26 Å². The third-order valence-corrected chi connectivity index (χ3v) is 5.15. The van der Waals surface area contributed by atoms with Crippen LogP contribution in [0.3, 0.4) is 0 Å². The van der Waals surface area contributed by atoms with Crippen LogP contribution in [-0.2, 0) is 16.0 Å². The summed E-state index contributed by atoms with van der Waals surface area (Å²) in [6.45, 7) is 0. The van der Waals surface area contributed by atoms with E-state index in [-0.39, 0.29) is 17.0 Å². The van der Waals surface area contributed by atoms with E-state index in [1.807, 2.05) is 0 Å². The topological polar surface area (TPSA) is 119 Å². The Balaban J connectivity index is 2.17. The van der Waals surface area contributed by atoms with Crippen molar-refractivity contribution >= 4 is 15.6 Å². The van der Waals surface area contributed by atoms with E-state index in [0.717, 1.165) is 12.1 Å². The summed E-state index contributed by atoms with van der Waals surface area (Å²) in [6, 6.07) is 3.48. The Morgan fingerprint density at radius 3 is 2.61 bits per heavy atom. The zero-order valence-corrected chi connectivity index (χ0v) is 14.8. The number of imidazole rings is 1. The third-order valence-electron chi connectivity index (χ3n) is 3.98. The lowest BCUT2D eigenvalue weighted by Crippen LogP contribution is -2.15. The van der Waals surface area contributed by atoms with Crippen LogP contribution in [0.15, 0.2) is 41.7 Å². The van der Waals surface area contributed by atoms with Gasteiger partial charge in [-0.05, 0) is 22.6 Å². The number of nitrogens with one attached hydrogen (secondary N) is 1.